The molecule has 0 amide bonds. The highest BCUT2D eigenvalue weighted by Gasteiger charge is 2.54. The molecule has 31 heavy (non-hydrogen) atoms. The predicted octanol–water partition coefficient (Wildman–Crippen LogP) is 3.97. The Balaban J connectivity index is 1.59. The maximum Gasteiger partial charge on any atom is 0.261 e. The lowest BCUT2D eigenvalue weighted by atomic mass is 10.1. The van der Waals surface area contributed by atoms with Gasteiger partial charge in [0.1, 0.15) is 0 Å². The van der Waals surface area contributed by atoms with E-state index in [1.54, 1.807) is 0 Å². The minimum Gasteiger partial charge on any atom is -0.406 e. The maximum absolute atomic E-state index is 7.04. The Morgan fingerprint density at radius 1 is 1.00 bits per heavy atom. The molecule has 0 aromatic heterocycles. The second-order valence-corrected chi connectivity index (χ2v) is 14.4. The summed E-state index contributed by atoms with van der Waals surface area (Å²) in [6.45, 7) is 8.16. The van der Waals surface area contributed by atoms with Gasteiger partial charge in [-0.3, -0.25) is 0 Å². The van der Waals surface area contributed by atoms with Crippen molar-refractivity contribution in [2.24, 2.45) is 5.73 Å². The standard InChI is InChI=1S/C26H37NO3Si/c1-25(2,3)31(21-12-6-4-7-13-21,22-14-8-5-9-15-22)29-20-23(27)26(17-18-26)30-24-16-10-11-19-28-24/h4-9,12-15,23-24H,10-11,16-20,27H2,1-3H3/t23-,24?/m1/s1. The van der Waals surface area contributed by atoms with Gasteiger partial charge in [0, 0.05) is 6.61 Å². The highest BCUT2D eigenvalue weighted by molar-refractivity contribution is 6.99. The van der Waals surface area contributed by atoms with Crippen LogP contribution < -0.4 is 16.1 Å². The Bertz CT molecular complexity index is 787. The topological polar surface area (TPSA) is 53.7 Å². The van der Waals surface area contributed by atoms with Gasteiger partial charge in [0.2, 0.25) is 0 Å². The summed E-state index contributed by atoms with van der Waals surface area (Å²) in [5.74, 6) is 0. The van der Waals surface area contributed by atoms with Gasteiger partial charge in [0.25, 0.3) is 8.32 Å². The van der Waals surface area contributed by atoms with Crippen LogP contribution in [0.15, 0.2) is 60.7 Å². The van der Waals surface area contributed by atoms with E-state index in [0.717, 1.165) is 38.7 Å². The average Bonchev–Trinajstić information content (AvgIpc) is 3.56. The first kappa shape index (κ1) is 22.7. The highest BCUT2D eigenvalue weighted by Crippen LogP contribution is 2.45. The quantitative estimate of drug-likeness (QED) is 0.633. The summed E-state index contributed by atoms with van der Waals surface area (Å²) in [5.41, 5.74) is 6.46. The smallest absolute Gasteiger partial charge is 0.261 e. The van der Waals surface area contributed by atoms with E-state index >= 15 is 0 Å². The molecular formula is C26H37NO3Si. The van der Waals surface area contributed by atoms with E-state index in [1.165, 1.54) is 10.4 Å². The zero-order valence-corrected chi connectivity index (χ0v) is 20.2. The Hall–Kier alpha value is -1.50. The SMILES string of the molecule is CC(C)(C)[Si](OC[C@@H](N)C1(OC2CCCCO2)CC1)(c1ccccc1)c1ccccc1. The largest absolute Gasteiger partial charge is 0.406 e. The van der Waals surface area contributed by atoms with Crippen LogP contribution in [0, 0.1) is 0 Å². The molecule has 1 aliphatic heterocycles. The van der Waals surface area contributed by atoms with Crippen LogP contribution in [0.4, 0.5) is 0 Å². The summed E-state index contributed by atoms with van der Waals surface area (Å²) in [6, 6.07) is 21.3. The fraction of sp³-hybridized carbons (Fsp3) is 0.538. The Morgan fingerprint density at radius 3 is 2.03 bits per heavy atom. The van der Waals surface area contributed by atoms with Crippen LogP contribution in [-0.4, -0.2) is 39.5 Å². The Kier molecular flexibility index (Phi) is 6.70. The van der Waals surface area contributed by atoms with Crippen LogP contribution >= 0.6 is 0 Å². The summed E-state index contributed by atoms with van der Waals surface area (Å²) >= 11 is 0. The van der Waals surface area contributed by atoms with E-state index in [-0.39, 0.29) is 23.0 Å². The molecule has 2 fully saturated rings. The molecule has 2 aromatic rings. The van der Waals surface area contributed by atoms with Gasteiger partial charge >= 0.3 is 0 Å². The van der Waals surface area contributed by atoms with Gasteiger partial charge in [0.05, 0.1) is 18.2 Å². The van der Waals surface area contributed by atoms with Crippen molar-refractivity contribution in [2.75, 3.05) is 13.2 Å². The summed E-state index contributed by atoms with van der Waals surface area (Å²) in [4.78, 5) is 0. The van der Waals surface area contributed by atoms with Crippen LogP contribution in [0.25, 0.3) is 0 Å². The van der Waals surface area contributed by atoms with Gasteiger partial charge in [-0.05, 0) is 47.5 Å². The molecule has 2 aliphatic rings. The van der Waals surface area contributed by atoms with Crippen LogP contribution in [0.1, 0.15) is 52.9 Å². The molecule has 2 N–H and O–H groups in total. The van der Waals surface area contributed by atoms with E-state index in [2.05, 4.69) is 81.4 Å². The van der Waals surface area contributed by atoms with Crippen molar-refractivity contribution in [3.05, 3.63) is 60.7 Å². The van der Waals surface area contributed by atoms with Gasteiger partial charge in [0.15, 0.2) is 6.29 Å². The number of rotatable bonds is 8. The van der Waals surface area contributed by atoms with Crippen LogP contribution in [0.3, 0.4) is 0 Å². The normalized spacial score (nSPS) is 22.1. The van der Waals surface area contributed by atoms with E-state index in [1.807, 2.05) is 0 Å². The fourth-order valence-corrected chi connectivity index (χ4v) is 9.48. The molecule has 1 saturated carbocycles. The first-order valence-corrected chi connectivity index (χ1v) is 13.6. The number of hydrogen-bond acceptors (Lipinski definition) is 4. The van der Waals surface area contributed by atoms with Crippen molar-refractivity contribution in [3.63, 3.8) is 0 Å². The molecule has 1 aliphatic carbocycles. The molecule has 5 heteroatoms. The lowest BCUT2D eigenvalue weighted by Crippen LogP contribution is -2.67. The number of benzene rings is 2. The predicted molar refractivity (Wildman–Crippen MR) is 128 cm³/mol. The molecule has 0 radical (unpaired) electrons. The van der Waals surface area contributed by atoms with Gasteiger partial charge in [-0.1, -0.05) is 81.4 Å². The van der Waals surface area contributed by atoms with Crippen molar-refractivity contribution < 1.29 is 13.9 Å². The molecule has 4 nitrogen and oxygen atoms in total. The zero-order valence-electron chi connectivity index (χ0n) is 19.2. The van der Waals surface area contributed by atoms with Crippen LogP contribution in [0.5, 0.6) is 0 Å². The molecular weight excluding hydrogens is 402 g/mol. The summed E-state index contributed by atoms with van der Waals surface area (Å²) in [7, 11) is -2.58. The van der Waals surface area contributed by atoms with Crippen molar-refractivity contribution in [1.82, 2.24) is 0 Å². The Labute approximate surface area is 188 Å². The third-order valence-electron chi connectivity index (χ3n) is 6.82. The second kappa shape index (κ2) is 9.16. The third-order valence-corrected chi connectivity index (χ3v) is 11.8. The van der Waals surface area contributed by atoms with Crippen molar-refractivity contribution >= 4 is 18.7 Å². The molecule has 2 atom stereocenters. The molecule has 0 spiro atoms. The Morgan fingerprint density at radius 2 is 1.58 bits per heavy atom. The van der Waals surface area contributed by atoms with E-state index < -0.39 is 8.32 Å². The molecule has 168 valence electrons. The number of nitrogens with two attached hydrogens (primary N) is 1. The maximum atomic E-state index is 7.04. The van der Waals surface area contributed by atoms with E-state index in [9.17, 15) is 0 Å². The van der Waals surface area contributed by atoms with Gasteiger partial charge in [-0.15, -0.1) is 0 Å². The van der Waals surface area contributed by atoms with Crippen molar-refractivity contribution in [2.45, 2.75) is 75.8 Å². The number of hydrogen-bond donors (Lipinski definition) is 1. The second-order valence-electron chi connectivity index (χ2n) is 10.1. The summed E-state index contributed by atoms with van der Waals surface area (Å²) in [6.07, 6.45) is 5.10. The minimum atomic E-state index is -2.58. The van der Waals surface area contributed by atoms with Gasteiger partial charge in [-0.2, -0.15) is 0 Å². The van der Waals surface area contributed by atoms with Crippen LogP contribution in [0.2, 0.25) is 5.04 Å². The molecule has 0 bridgehead atoms. The summed E-state index contributed by atoms with van der Waals surface area (Å²) < 4.78 is 19.3. The van der Waals surface area contributed by atoms with Gasteiger partial charge < -0.3 is 19.6 Å². The van der Waals surface area contributed by atoms with Gasteiger partial charge in [-0.25, -0.2) is 0 Å². The van der Waals surface area contributed by atoms with Crippen molar-refractivity contribution in [1.29, 1.82) is 0 Å². The first-order valence-electron chi connectivity index (χ1n) is 11.7. The molecule has 1 saturated heterocycles. The summed E-state index contributed by atoms with van der Waals surface area (Å²) in [5, 5.41) is 2.50. The molecule has 1 unspecified atom stereocenters. The highest BCUT2D eigenvalue weighted by atomic mass is 28.4. The average molecular weight is 440 g/mol. The fourth-order valence-electron chi connectivity index (χ4n) is 4.89. The number of ether oxygens (including phenoxy) is 2. The first-order chi connectivity index (χ1) is 14.9. The molecule has 1 heterocycles. The molecule has 2 aromatic carbocycles. The minimum absolute atomic E-state index is 0.0561. The third kappa shape index (κ3) is 4.66. The zero-order chi connectivity index (χ0) is 22.0. The van der Waals surface area contributed by atoms with E-state index in [4.69, 9.17) is 19.6 Å². The van der Waals surface area contributed by atoms with Crippen LogP contribution in [-0.2, 0) is 13.9 Å². The van der Waals surface area contributed by atoms with E-state index in [0.29, 0.717) is 6.61 Å². The lowest BCUT2D eigenvalue weighted by molar-refractivity contribution is -0.202. The lowest BCUT2D eigenvalue weighted by Gasteiger charge is -2.44. The van der Waals surface area contributed by atoms with Crippen molar-refractivity contribution in [3.8, 4) is 0 Å². The molecule has 4 rings (SSSR count). The monoisotopic (exact) mass is 439 g/mol.